The van der Waals surface area contributed by atoms with Gasteiger partial charge in [-0.05, 0) is 62.6 Å². The highest BCUT2D eigenvalue weighted by atomic mass is 31.0. The van der Waals surface area contributed by atoms with Gasteiger partial charge in [0, 0.05) is 11.1 Å². The van der Waals surface area contributed by atoms with Crippen molar-refractivity contribution in [1.29, 1.82) is 0 Å². The van der Waals surface area contributed by atoms with Crippen LogP contribution >= 0.6 is 9.24 Å². The van der Waals surface area contributed by atoms with Crippen molar-refractivity contribution in [2.45, 2.75) is 0 Å². The molecule has 0 aliphatic rings. The molecule has 0 spiro atoms. The van der Waals surface area contributed by atoms with E-state index in [-0.39, 0.29) is 11.6 Å². The molecule has 5 aromatic rings. The van der Waals surface area contributed by atoms with Crippen LogP contribution < -0.4 is 5.30 Å². The van der Waals surface area contributed by atoms with E-state index in [1.54, 1.807) is 18.2 Å². The highest BCUT2D eigenvalue weighted by Crippen LogP contribution is 2.44. The maximum absolute atomic E-state index is 13.6. The number of phenolic OH excluding ortho intramolecular Hbond substituents is 1. The number of fused-ring (bicyclic) bond motifs is 1. The number of phenols is 1. The minimum Gasteiger partial charge on any atom is -0.507 e. The van der Waals surface area contributed by atoms with Crippen LogP contribution in [0.5, 0.6) is 5.75 Å². The van der Waals surface area contributed by atoms with Gasteiger partial charge in [0.1, 0.15) is 11.6 Å². The van der Waals surface area contributed by atoms with Gasteiger partial charge in [-0.2, -0.15) is 0 Å². The van der Waals surface area contributed by atoms with E-state index >= 15 is 0 Å². The third kappa shape index (κ3) is 3.50. The highest BCUT2D eigenvalue weighted by Gasteiger charge is 2.19. The van der Waals surface area contributed by atoms with Crippen molar-refractivity contribution < 1.29 is 9.50 Å². The number of para-hydroxylation sites is 1. The Morgan fingerprint density at radius 2 is 1.23 bits per heavy atom. The van der Waals surface area contributed by atoms with Crippen LogP contribution in [-0.4, -0.2) is 5.11 Å². The number of halogens is 1. The van der Waals surface area contributed by atoms with Crippen molar-refractivity contribution in [3.8, 4) is 39.1 Å². The molecule has 0 radical (unpaired) electrons. The second kappa shape index (κ2) is 7.98. The molecule has 0 heterocycles. The van der Waals surface area contributed by atoms with Gasteiger partial charge in [-0.1, -0.05) is 78.9 Å². The Morgan fingerprint density at radius 3 is 1.97 bits per heavy atom. The minimum atomic E-state index is -0.256. The molecular weight excluding hydrogens is 402 g/mol. The molecule has 0 aliphatic heterocycles. The summed E-state index contributed by atoms with van der Waals surface area (Å²) in [4.78, 5) is 0. The van der Waals surface area contributed by atoms with E-state index < -0.39 is 0 Å². The van der Waals surface area contributed by atoms with Gasteiger partial charge in [0.25, 0.3) is 0 Å². The van der Waals surface area contributed by atoms with Crippen molar-refractivity contribution in [1.82, 2.24) is 0 Å². The maximum atomic E-state index is 13.6. The van der Waals surface area contributed by atoms with E-state index in [2.05, 4.69) is 39.6 Å². The van der Waals surface area contributed by atoms with Crippen molar-refractivity contribution in [3.63, 3.8) is 0 Å². The Morgan fingerprint density at radius 1 is 0.613 bits per heavy atom. The lowest BCUT2D eigenvalue weighted by Crippen LogP contribution is -2.03. The van der Waals surface area contributed by atoms with Gasteiger partial charge in [-0.25, -0.2) is 4.39 Å². The average molecular weight is 422 g/mol. The predicted octanol–water partition coefficient (Wildman–Crippen LogP) is 7.19. The summed E-state index contributed by atoms with van der Waals surface area (Å²) in [5.41, 5.74) is 5.78. The fourth-order valence-electron chi connectivity index (χ4n) is 4.21. The fourth-order valence-corrected chi connectivity index (χ4v) is 4.69. The monoisotopic (exact) mass is 422 g/mol. The topological polar surface area (TPSA) is 20.2 Å². The Hall–Kier alpha value is -3.48. The van der Waals surface area contributed by atoms with E-state index in [0.29, 0.717) is 0 Å². The van der Waals surface area contributed by atoms with Crippen molar-refractivity contribution in [2.24, 2.45) is 0 Å². The zero-order valence-electron chi connectivity index (χ0n) is 16.7. The maximum Gasteiger partial charge on any atom is 0.123 e. The molecule has 5 aromatic carbocycles. The molecule has 0 saturated heterocycles. The van der Waals surface area contributed by atoms with Gasteiger partial charge in [-0.15, -0.1) is 9.24 Å². The quantitative estimate of drug-likeness (QED) is 0.305. The summed E-state index contributed by atoms with van der Waals surface area (Å²) >= 11 is 0. The molecule has 1 atom stereocenters. The molecule has 1 nitrogen and oxygen atoms in total. The normalized spacial score (nSPS) is 11.0. The molecule has 1 N–H and O–H groups in total. The standard InChI is InChI=1S/C28H20FOP/c29-20-15-13-18(14-16-20)21-8-3-4-10-23(21)28-26(31)17-19-7-1-2-9-22(19)27(28)24-11-5-6-12-25(24)30/h1-17,30H,31H2. The van der Waals surface area contributed by atoms with E-state index in [1.807, 2.05) is 42.5 Å². The number of hydrogen-bond acceptors (Lipinski definition) is 1. The Bertz CT molecular complexity index is 1410. The van der Waals surface area contributed by atoms with Gasteiger partial charge in [0.15, 0.2) is 0 Å². The molecule has 5 rings (SSSR count). The molecule has 31 heavy (non-hydrogen) atoms. The van der Waals surface area contributed by atoms with Crippen LogP contribution in [0.4, 0.5) is 4.39 Å². The smallest absolute Gasteiger partial charge is 0.123 e. The first-order chi connectivity index (χ1) is 15.1. The van der Waals surface area contributed by atoms with Crippen LogP contribution in [0.25, 0.3) is 44.2 Å². The molecule has 0 fully saturated rings. The summed E-state index contributed by atoms with van der Waals surface area (Å²) in [6.07, 6.45) is 0. The summed E-state index contributed by atoms with van der Waals surface area (Å²) in [7, 11) is 2.86. The second-order valence-corrected chi connectivity index (χ2v) is 8.13. The van der Waals surface area contributed by atoms with Crippen LogP contribution in [0, 0.1) is 5.82 Å². The number of hydrogen-bond donors (Lipinski definition) is 1. The lowest BCUT2D eigenvalue weighted by molar-refractivity contribution is 0.477. The van der Waals surface area contributed by atoms with E-state index in [1.165, 1.54) is 12.1 Å². The number of aromatic hydroxyl groups is 1. The first kappa shape index (κ1) is 19.5. The second-order valence-electron chi connectivity index (χ2n) is 7.51. The van der Waals surface area contributed by atoms with Gasteiger partial charge >= 0.3 is 0 Å². The van der Waals surface area contributed by atoms with Gasteiger partial charge in [-0.3, -0.25) is 0 Å². The van der Waals surface area contributed by atoms with Gasteiger partial charge in [0.05, 0.1) is 0 Å². The minimum absolute atomic E-state index is 0.240. The molecule has 0 amide bonds. The molecule has 1 unspecified atom stereocenters. The largest absolute Gasteiger partial charge is 0.507 e. The van der Waals surface area contributed by atoms with Crippen LogP contribution in [0.2, 0.25) is 0 Å². The molecule has 0 aliphatic carbocycles. The average Bonchev–Trinajstić information content (AvgIpc) is 2.79. The van der Waals surface area contributed by atoms with E-state index in [0.717, 1.165) is 49.5 Å². The molecule has 150 valence electrons. The summed E-state index contributed by atoms with van der Waals surface area (Å²) < 4.78 is 13.6. The highest BCUT2D eigenvalue weighted by molar-refractivity contribution is 7.28. The van der Waals surface area contributed by atoms with Crippen molar-refractivity contribution in [2.75, 3.05) is 0 Å². The summed E-state index contributed by atoms with van der Waals surface area (Å²) in [6, 6.07) is 32.5. The molecule has 3 heteroatoms. The lowest BCUT2D eigenvalue weighted by atomic mass is 9.86. The van der Waals surface area contributed by atoms with Gasteiger partial charge in [0.2, 0.25) is 0 Å². The summed E-state index contributed by atoms with van der Waals surface area (Å²) in [5.74, 6) is -0.0164. The van der Waals surface area contributed by atoms with Crippen molar-refractivity contribution >= 4 is 25.3 Å². The predicted molar refractivity (Wildman–Crippen MR) is 131 cm³/mol. The van der Waals surface area contributed by atoms with Crippen LogP contribution in [-0.2, 0) is 0 Å². The first-order valence-electron chi connectivity index (χ1n) is 10.1. The van der Waals surface area contributed by atoms with Crippen molar-refractivity contribution in [3.05, 3.63) is 109 Å². The van der Waals surface area contributed by atoms with Crippen LogP contribution in [0.3, 0.4) is 0 Å². The zero-order chi connectivity index (χ0) is 21.4. The van der Waals surface area contributed by atoms with E-state index in [9.17, 15) is 9.50 Å². The summed E-state index contributed by atoms with van der Waals surface area (Å²) in [5, 5.41) is 14.0. The third-order valence-electron chi connectivity index (χ3n) is 5.60. The fraction of sp³-hybridized carbons (Fsp3) is 0. The SMILES string of the molecule is Oc1ccccc1-c1c(-c2ccccc2-c2ccc(F)cc2)c(P)cc2ccccc12. The molecule has 0 bridgehead atoms. The summed E-state index contributed by atoms with van der Waals surface area (Å²) in [6.45, 7) is 0. The number of rotatable bonds is 3. The number of benzene rings is 5. The Labute approximate surface area is 183 Å². The third-order valence-corrected chi connectivity index (χ3v) is 6.06. The Kier molecular flexibility index (Phi) is 5.02. The van der Waals surface area contributed by atoms with Gasteiger partial charge < -0.3 is 5.11 Å². The first-order valence-corrected chi connectivity index (χ1v) is 10.7. The molecular formula is C28H20FOP. The zero-order valence-corrected chi connectivity index (χ0v) is 17.9. The van der Waals surface area contributed by atoms with E-state index in [4.69, 9.17) is 0 Å². The Balaban J connectivity index is 1.90. The lowest BCUT2D eigenvalue weighted by Gasteiger charge is -2.20. The molecule has 0 saturated carbocycles. The van der Waals surface area contributed by atoms with Crippen LogP contribution in [0.1, 0.15) is 0 Å². The molecule has 0 aromatic heterocycles. The van der Waals surface area contributed by atoms with Crippen LogP contribution in [0.15, 0.2) is 103 Å².